The zero-order chi connectivity index (χ0) is 9.42. The van der Waals surface area contributed by atoms with Gasteiger partial charge in [0.05, 0.1) is 11.4 Å². The van der Waals surface area contributed by atoms with Gasteiger partial charge in [0.2, 0.25) is 0 Å². The van der Waals surface area contributed by atoms with Gasteiger partial charge in [0.25, 0.3) is 0 Å². The Kier molecular flexibility index (Phi) is 1.48. The van der Waals surface area contributed by atoms with Gasteiger partial charge in [-0.2, -0.15) is 0 Å². The zero-order valence-electron chi connectivity index (χ0n) is 6.78. The largest absolute Gasteiger partial charge is 0.423 e. The number of nitrogen functional groups attached to an aromatic ring is 2. The van der Waals surface area contributed by atoms with E-state index in [-0.39, 0.29) is 0 Å². The quantitative estimate of drug-likeness (QED) is 0.462. The fourth-order valence-corrected chi connectivity index (χ4v) is 1.19. The van der Waals surface area contributed by atoms with Crippen LogP contribution in [0.4, 0.5) is 11.4 Å². The van der Waals surface area contributed by atoms with Crippen LogP contribution in [0, 0.1) is 0 Å². The summed E-state index contributed by atoms with van der Waals surface area (Å²) < 4.78 is 4.91. The van der Waals surface area contributed by atoms with Crippen LogP contribution in [-0.4, -0.2) is 0 Å². The lowest BCUT2D eigenvalue weighted by Crippen LogP contribution is -1.99. The first-order chi connectivity index (χ1) is 6.18. The van der Waals surface area contributed by atoms with Crippen molar-refractivity contribution in [2.75, 3.05) is 11.5 Å². The Morgan fingerprint density at radius 3 is 2.62 bits per heavy atom. The smallest absolute Gasteiger partial charge is 0.336 e. The van der Waals surface area contributed by atoms with Gasteiger partial charge in [-0.3, -0.25) is 0 Å². The third-order valence-corrected chi connectivity index (χ3v) is 1.88. The Bertz CT molecular complexity index is 516. The second kappa shape index (κ2) is 2.52. The van der Waals surface area contributed by atoms with Crippen molar-refractivity contribution in [2.45, 2.75) is 0 Å². The molecule has 0 aliphatic rings. The summed E-state index contributed by atoms with van der Waals surface area (Å²) in [5, 5.41) is 0.666. The Labute approximate surface area is 73.8 Å². The van der Waals surface area contributed by atoms with Crippen LogP contribution in [0.5, 0.6) is 0 Å². The third kappa shape index (κ3) is 1.12. The molecule has 1 aromatic carbocycles. The molecule has 13 heavy (non-hydrogen) atoms. The van der Waals surface area contributed by atoms with Crippen LogP contribution in [-0.2, 0) is 0 Å². The minimum atomic E-state index is -0.392. The molecule has 4 nitrogen and oxygen atoms in total. The molecule has 0 aliphatic heterocycles. The van der Waals surface area contributed by atoms with E-state index in [0.29, 0.717) is 22.3 Å². The predicted molar refractivity (Wildman–Crippen MR) is 51.3 cm³/mol. The van der Waals surface area contributed by atoms with Crippen LogP contribution in [0.25, 0.3) is 11.0 Å². The maximum Gasteiger partial charge on any atom is 0.336 e. The molecule has 0 saturated heterocycles. The summed E-state index contributed by atoms with van der Waals surface area (Å²) in [4.78, 5) is 10.8. The highest BCUT2D eigenvalue weighted by molar-refractivity contribution is 5.94. The number of nitrogens with two attached hydrogens (primary N) is 2. The van der Waals surface area contributed by atoms with E-state index in [9.17, 15) is 4.79 Å². The molecule has 66 valence electrons. The van der Waals surface area contributed by atoms with Gasteiger partial charge in [-0.1, -0.05) is 0 Å². The zero-order valence-corrected chi connectivity index (χ0v) is 6.78. The minimum Gasteiger partial charge on any atom is -0.423 e. The highest BCUT2D eigenvalue weighted by Gasteiger charge is 2.02. The molecule has 0 radical (unpaired) electrons. The van der Waals surface area contributed by atoms with Gasteiger partial charge in [0, 0.05) is 11.5 Å². The van der Waals surface area contributed by atoms with E-state index < -0.39 is 5.63 Å². The summed E-state index contributed by atoms with van der Waals surface area (Å²) in [6, 6.07) is 6.16. The van der Waals surface area contributed by atoms with E-state index in [0.717, 1.165) is 0 Å². The first-order valence-corrected chi connectivity index (χ1v) is 3.76. The third-order valence-electron chi connectivity index (χ3n) is 1.88. The van der Waals surface area contributed by atoms with Gasteiger partial charge in [-0.15, -0.1) is 0 Å². The molecule has 4 heteroatoms. The average molecular weight is 176 g/mol. The van der Waals surface area contributed by atoms with Crippen molar-refractivity contribution in [2.24, 2.45) is 0 Å². The maximum absolute atomic E-state index is 10.8. The Balaban J connectivity index is 2.95. The van der Waals surface area contributed by atoms with Crippen LogP contribution in [0.3, 0.4) is 0 Å². The van der Waals surface area contributed by atoms with Crippen LogP contribution in [0.15, 0.2) is 33.5 Å². The van der Waals surface area contributed by atoms with E-state index in [1.54, 1.807) is 18.2 Å². The lowest BCUT2D eigenvalue weighted by molar-refractivity contribution is 0.561. The molecule has 1 heterocycles. The van der Waals surface area contributed by atoms with Crippen molar-refractivity contribution in [3.63, 3.8) is 0 Å². The van der Waals surface area contributed by atoms with E-state index in [4.69, 9.17) is 15.9 Å². The van der Waals surface area contributed by atoms with Crippen LogP contribution in [0.1, 0.15) is 0 Å². The van der Waals surface area contributed by atoms with Gasteiger partial charge in [0.1, 0.15) is 5.58 Å². The molecule has 0 saturated carbocycles. The fourth-order valence-electron chi connectivity index (χ4n) is 1.19. The summed E-state index contributed by atoms with van der Waals surface area (Å²) >= 11 is 0. The Hall–Kier alpha value is -1.97. The molecule has 0 unspecified atom stereocenters. The number of fused-ring (bicyclic) bond motifs is 1. The summed E-state index contributed by atoms with van der Waals surface area (Å²) in [6.45, 7) is 0. The Morgan fingerprint density at radius 1 is 1.08 bits per heavy atom. The van der Waals surface area contributed by atoms with E-state index >= 15 is 0 Å². The van der Waals surface area contributed by atoms with E-state index in [1.165, 1.54) is 6.07 Å². The molecule has 0 bridgehead atoms. The minimum absolute atomic E-state index is 0.392. The van der Waals surface area contributed by atoms with Crippen molar-refractivity contribution in [3.8, 4) is 0 Å². The van der Waals surface area contributed by atoms with E-state index in [1.807, 2.05) is 0 Å². The van der Waals surface area contributed by atoms with Crippen LogP contribution in [0.2, 0.25) is 0 Å². The lowest BCUT2D eigenvalue weighted by Gasteiger charge is -2.02. The summed E-state index contributed by atoms with van der Waals surface area (Å²) in [7, 11) is 0. The maximum atomic E-state index is 10.8. The Morgan fingerprint density at radius 2 is 1.85 bits per heavy atom. The molecular weight excluding hydrogens is 168 g/mol. The molecule has 0 aliphatic carbocycles. The van der Waals surface area contributed by atoms with Crippen molar-refractivity contribution < 1.29 is 4.42 Å². The van der Waals surface area contributed by atoms with Crippen molar-refractivity contribution in [1.82, 2.24) is 0 Å². The SMILES string of the molecule is Nc1ccc2oc(=O)ccc2c1N. The molecule has 2 aromatic rings. The lowest BCUT2D eigenvalue weighted by atomic mass is 10.2. The monoisotopic (exact) mass is 176 g/mol. The summed E-state index contributed by atoms with van der Waals surface area (Å²) in [5.41, 5.74) is 12.3. The fraction of sp³-hybridized carbons (Fsp3) is 0. The molecule has 0 spiro atoms. The van der Waals surface area contributed by atoms with Crippen molar-refractivity contribution in [1.29, 1.82) is 0 Å². The normalized spacial score (nSPS) is 10.5. The van der Waals surface area contributed by atoms with Crippen molar-refractivity contribution in [3.05, 3.63) is 34.7 Å². The molecular formula is C9H8N2O2. The standard InChI is InChI=1S/C9H8N2O2/c10-6-2-3-7-5(9(6)11)1-4-8(12)13-7/h1-4H,10-11H2. The van der Waals surface area contributed by atoms with Gasteiger partial charge in [0.15, 0.2) is 0 Å². The van der Waals surface area contributed by atoms with Crippen molar-refractivity contribution >= 4 is 22.3 Å². The number of hydrogen-bond acceptors (Lipinski definition) is 4. The summed E-state index contributed by atoms with van der Waals surface area (Å²) in [5.74, 6) is 0. The average Bonchev–Trinajstić information content (AvgIpc) is 2.12. The van der Waals surface area contributed by atoms with Crippen LogP contribution < -0.4 is 17.1 Å². The van der Waals surface area contributed by atoms with Gasteiger partial charge in [-0.05, 0) is 18.2 Å². The molecule has 0 fully saturated rings. The molecule has 0 amide bonds. The first-order valence-electron chi connectivity index (χ1n) is 3.76. The number of anilines is 2. The van der Waals surface area contributed by atoms with Crippen LogP contribution >= 0.6 is 0 Å². The molecule has 4 N–H and O–H groups in total. The van der Waals surface area contributed by atoms with Gasteiger partial charge < -0.3 is 15.9 Å². The predicted octanol–water partition coefficient (Wildman–Crippen LogP) is 0.957. The van der Waals surface area contributed by atoms with Gasteiger partial charge >= 0.3 is 5.63 Å². The van der Waals surface area contributed by atoms with E-state index in [2.05, 4.69) is 0 Å². The molecule has 1 aromatic heterocycles. The number of benzene rings is 1. The highest BCUT2D eigenvalue weighted by atomic mass is 16.4. The molecule has 0 atom stereocenters. The number of rotatable bonds is 0. The first kappa shape index (κ1) is 7.67. The second-order valence-corrected chi connectivity index (χ2v) is 2.73. The highest BCUT2D eigenvalue weighted by Crippen LogP contribution is 2.24. The second-order valence-electron chi connectivity index (χ2n) is 2.73. The van der Waals surface area contributed by atoms with Gasteiger partial charge in [-0.25, -0.2) is 4.79 Å². The molecule has 2 rings (SSSR count). The topological polar surface area (TPSA) is 82.2 Å². The number of hydrogen-bond donors (Lipinski definition) is 2. The summed E-state index contributed by atoms with van der Waals surface area (Å²) in [6.07, 6.45) is 0.